The van der Waals surface area contributed by atoms with Crippen molar-refractivity contribution in [1.82, 2.24) is 5.32 Å². The molecule has 0 amide bonds. The zero-order valence-corrected chi connectivity index (χ0v) is 10.9. The van der Waals surface area contributed by atoms with E-state index in [2.05, 4.69) is 12.2 Å². The van der Waals surface area contributed by atoms with Gasteiger partial charge >= 0.3 is 0 Å². The van der Waals surface area contributed by atoms with E-state index < -0.39 is 0 Å². The van der Waals surface area contributed by atoms with E-state index in [9.17, 15) is 0 Å². The van der Waals surface area contributed by atoms with Gasteiger partial charge in [0.15, 0.2) is 0 Å². The summed E-state index contributed by atoms with van der Waals surface area (Å²) in [6, 6.07) is 0.578. The van der Waals surface area contributed by atoms with E-state index in [4.69, 9.17) is 4.74 Å². The number of hydrogen-bond donors (Lipinski definition) is 1. The first-order valence-corrected chi connectivity index (χ1v) is 7.05. The first-order chi connectivity index (χ1) is 7.83. The average molecular weight is 225 g/mol. The van der Waals surface area contributed by atoms with Crippen LogP contribution >= 0.6 is 0 Å². The van der Waals surface area contributed by atoms with Crippen molar-refractivity contribution in [3.05, 3.63) is 0 Å². The SMILES string of the molecule is CCNC(CCC1CC2CCC1C2)COC. The van der Waals surface area contributed by atoms with E-state index in [-0.39, 0.29) is 0 Å². The normalized spacial score (nSPS) is 34.5. The van der Waals surface area contributed by atoms with Crippen molar-refractivity contribution in [3.8, 4) is 0 Å². The van der Waals surface area contributed by atoms with Crippen molar-refractivity contribution in [2.45, 2.75) is 51.5 Å². The van der Waals surface area contributed by atoms with Gasteiger partial charge in [0.25, 0.3) is 0 Å². The van der Waals surface area contributed by atoms with Crippen LogP contribution in [0.15, 0.2) is 0 Å². The van der Waals surface area contributed by atoms with Crippen molar-refractivity contribution in [2.75, 3.05) is 20.3 Å². The Morgan fingerprint density at radius 1 is 1.31 bits per heavy atom. The fourth-order valence-corrected chi connectivity index (χ4v) is 3.88. The Balaban J connectivity index is 1.69. The highest BCUT2D eigenvalue weighted by Crippen LogP contribution is 2.49. The Hall–Kier alpha value is -0.0800. The van der Waals surface area contributed by atoms with Gasteiger partial charge in [0.05, 0.1) is 6.61 Å². The Morgan fingerprint density at radius 2 is 2.19 bits per heavy atom. The second kappa shape index (κ2) is 6.02. The Morgan fingerprint density at radius 3 is 2.75 bits per heavy atom. The summed E-state index contributed by atoms with van der Waals surface area (Å²) < 4.78 is 5.27. The lowest BCUT2D eigenvalue weighted by Crippen LogP contribution is -2.33. The van der Waals surface area contributed by atoms with Crippen LogP contribution in [0.5, 0.6) is 0 Å². The summed E-state index contributed by atoms with van der Waals surface area (Å²) in [6.07, 6.45) is 8.83. The quantitative estimate of drug-likeness (QED) is 0.719. The van der Waals surface area contributed by atoms with Gasteiger partial charge in [0.2, 0.25) is 0 Å². The Bertz CT molecular complexity index is 201. The maximum atomic E-state index is 5.27. The smallest absolute Gasteiger partial charge is 0.0615 e. The van der Waals surface area contributed by atoms with Crippen LogP contribution in [0.2, 0.25) is 0 Å². The van der Waals surface area contributed by atoms with Gasteiger partial charge in [-0.05, 0) is 56.4 Å². The molecule has 2 nitrogen and oxygen atoms in total. The summed E-state index contributed by atoms with van der Waals surface area (Å²) in [6.45, 7) is 4.11. The van der Waals surface area contributed by atoms with E-state index in [0.717, 1.165) is 30.9 Å². The highest BCUT2D eigenvalue weighted by molar-refractivity contribution is 4.90. The number of methoxy groups -OCH3 is 1. The lowest BCUT2D eigenvalue weighted by molar-refractivity contribution is 0.156. The molecular formula is C14H27NO. The molecule has 0 aromatic rings. The van der Waals surface area contributed by atoms with Crippen LogP contribution < -0.4 is 5.32 Å². The molecule has 16 heavy (non-hydrogen) atoms. The summed E-state index contributed by atoms with van der Waals surface area (Å²) >= 11 is 0. The van der Waals surface area contributed by atoms with Gasteiger partial charge in [-0.3, -0.25) is 0 Å². The molecule has 0 heterocycles. The molecule has 94 valence electrons. The molecule has 2 fully saturated rings. The van der Waals surface area contributed by atoms with Gasteiger partial charge in [-0.1, -0.05) is 13.3 Å². The second-order valence-electron chi connectivity index (χ2n) is 5.72. The van der Waals surface area contributed by atoms with Crippen molar-refractivity contribution in [2.24, 2.45) is 17.8 Å². The minimum Gasteiger partial charge on any atom is -0.383 e. The molecular weight excluding hydrogens is 198 g/mol. The lowest BCUT2D eigenvalue weighted by atomic mass is 9.84. The number of fused-ring (bicyclic) bond motifs is 2. The van der Waals surface area contributed by atoms with Crippen LogP contribution in [0.25, 0.3) is 0 Å². The molecule has 0 aromatic heterocycles. The molecule has 2 aliphatic rings. The number of hydrogen-bond acceptors (Lipinski definition) is 2. The maximum absolute atomic E-state index is 5.27. The third-order valence-corrected chi connectivity index (χ3v) is 4.63. The molecule has 2 heteroatoms. The molecule has 0 aromatic carbocycles. The highest BCUT2D eigenvalue weighted by atomic mass is 16.5. The molecule has 2 rings (SSSR count). The number of nitrogens with one attached hydrogen (secondary N) is 1. The summed E-state index contributed by atoms with van der Waals surface area (Å²) in [7, 11) is 1.81. The van der Waals surface area contributed by atoms with Gasteiger partial charge in [0.1, 0.15) is 0 Å². The first kappa shape index (κ1) is 12.4. The van der Waals surface area contributed by atoms with Crippen LogP contribution in [0.1, 0.15) is 45.4 Å². The maximum Gasteiger partial charge on any atom is 0.0615 e. The van der Waals surface area contributed by atoms with E-state index in [0.29, 0.717) is 6.04 Å². The second-order valence-corrected chi connectivity index (χ2v) is 5.72. The lowest BCUT2D eigenvalue weighted by Gasteiger charge is -2.24. The monoisotopic (exact) mass is 225 g/mol. The van der Waals surface area contributed by atoms with Crippen molar-refractivity contribution in [3.63, 3.8) is 0 Å². The van der Waals surface area contributed by atoms with E-state index in [1.165, 1.54) is 32.1 Å². The van der Waals surface area contributed by atoms with Crippen LogP contribution in [0.3, 0.4) is 0 Å². The van der Waals surface area contributed by atoms with E-state index in [1.54, 1.807) is 6.42 Å². The van der Waals surface area contributed by atoms with Gasteiger partial charge in [-0.2, -0.15) is 0 Å². The molecule has 0 aliphatic heterocycles. The van der Waals surface area contributed by atoms with Crippen molar-refractivity contribution < 1.29 is 4.74 Å². The van der Waals surface area contributed by atoms with Crippen molar-refractivity contribution in [1.29, 1.82) is 0 Å². The van der Waals surface area contributed by atoms with Crippen LogP contribution in [-0.2, 0) is 4.74 Å². The van der Waals surface area contributed by atoms with Gasteiger partial charge in [0, 0.05) is 13.2 Å². The molecule has 0 saturated heterocycles. The predicted octanol–water partition coefficient (Wildman–Crippen LogP) is 2.83. The topological polar surface area (TPSA) is 21.3 Å². The van der Waals surface area contributed by atoms with E-state index in [1.807, 2.05) is 7.11 Å². The van der Waals surface area contributed by atoms with Gasteiger partial charge in [-0.15, -0.1) is 0 Å². The molecule has 4 atom stereocenters. The third-order valence-electron chi connectivity index (χ3n) is 4.63. The molecule has 2 aliphatic carbocycles. The zero-order chi connectivity index (χ0) is 11.4. The minimum absolute atomic E-state index is 0.578. The average Bonchev–Trinajstić information content (AvgIpc) is 2.88. The van der Waals surface area contributed by atoms with Crippen LogP contribution in [-0.4, -0.2) is 26.3 Å². The standard InChI is InChI=1S/C14H27NO/c1-3-15-14(10-16-2)7-6-13-9-11-4-5-12(13)8-11/h11-15H,3-10H2,1-2H3. The fraction of sp³-hybridized carbons (Fsp3) is 1.00. The number of ether oxygens (including phenoxy) is 1. The fourth-order valence-electron chi connectivity index (χ4n) is 3.88. The van der Waals surface area contributed by atoms with E-state index >= 15 is 0 Å². The zero-order valence-electron chi connectivity index (χ0n) is 10.9. The summed E-state index contributed by atoms with van der Waals surface area (Å²) in [4.78, 5) is 0. The number of rotatable bonds is 7. The molecule has 1 N–H and O–H groups in total. The third kappa shape index (κ3) is 2.98. The van der Waals surface area contributed by atoms with Gasteiger partial charge < -0.3 is 10.1 Å². The minimum atomic E-state index is 0.578. The van der Waals surface area contributed by atoms with Crippen LogP contribution in [0, 0.1) is 17.8 Å². The molecule has 0 radical (unpaired) electrons. The number of likely N-dealkylation sites (N-methyl/N-ethyl adjacent to an activating group) is 1. The Labute approximate surface area is 100 Å². The molecule has 4 unspecified atom stereocenters. The van der Waals surface area contributed by atoms with Crippen molar-refractivity contribution >= 4 is 0 Å². The summed E-state index contributed by atoms with van der Waals surface area (Å²) in [5, 5.41) is 3.53. The highest BCUT2D eigenvalue weighted by Gasteiger charge is 2.38. The first-order valence-electron chi connectivity index (χ1n) is 7.05. The van der Waals surface area contributed by atoms with Gasteiger partial charge in [-0.25, -0.2) is 0 Å². The molecule has 2 saturated carbocycles. The summed E-state index contributed by atoms with van der Waals surface area (Å²) in [5.74, 6) is 3.21. The largest absolute Gasteiger partial charge is 0.383 e. The summed E-state index contributed by atoms with van der Waals surface area (Å²) in [5.41, 5.74) is 0. The Kier molecular flexibility index (Phi) is 4.66. The van der Waals surface area contributed by atoms with Crippen LogP contribution in [0.4, 0.5) is 0 Å². The predicted molar refractivity (Wildman–Crippen MR) is 67.5 cm³/mol. The molecule has 0 spiro atoms. The molecule has 2 bridgehead atoms.